The standard InChI is InChI=1S/C17H15ClN2O3S3/c18-12-5-1-2-6-13(12)20-14-9-26(22,23)10-15(14)25-17(20)19-16(21)8-11-4-3-7-24-11/h1-7,14-15H,8-10H2. The quantitative estimate of drug-likeness (QED) is 0.753. The molecule has 3 heterocycles. The third-order valence-electron chi connectivity index (χ3n) is 4.30. The van der Waals surface area contributed by atoms with E-state index in [0.717, 1.165) is 4.88 Å². The van der Waals surface area contributed by atoms with E-state index in [1.807, 2.05) is 40.6 Å². The maximum Gasteiger partial charge on any atom is 0.253 e. The molecule has 136 valence electrons. The summed E-state index contributed by atoms with van der Waals surface area (Å²) in [6.45, 7) is 0. The molecule has 2 atom stereocenters. The number of amides is 1. The molecule has 0 radical (unpaired) electrons. The van der Waals surface area contributed by atoms with Gasteiger partial charge >= 0.3 is 0 Å². The van der Waals surface area contributed by atoms with Gasteiger partial charge in [0.15, 0.2) is 15.0 Å². The lowest BCUT2D eigenvalue weighted by molar-refractivity contribution is -0.117. The van der Waals surface area contributed by atoms with E-state index in [1.165, 1.54) is 23.1 Å². The number of benzene rings is 1. The number of hydrogen-bond donors (Lipinski definition) is 0. The van der Waals surface area contributed by atoms with E-state index in [4.69, 9.17) is 11.6 Å². The Morgan fingerprint density at radius 1 is 1.23 bits per heavy atom. The zero-order valence-electron chi connectivity index (χ0n) is 13.5. The zero-order valence-corrected chi connectivity index (χ0v) is 16.7. The molecule has 2 aliphatic rings. The van der Waals surface area contributed by atoms with Crippen molar-refractivity contribution in [3.05, 3.63) is 51.7 Å². The van der Waals surface area contributed by atoms with Gasteiger partial charge in [0.25, 0.3) is 5.91 Å². The fourth-order valence-corrected chi connectivity index (χ4v) is 8.05. The highest BCUT2D eigenvalue weighted by Crippen LogP contribution is 2.42. The smallest absolute Gasteiger partial charge is 0.253 e. The van der Waals surface area contributed by atoms with Gasteiger partial charge in [-0.2, -0.15) is 4.99 Å². The zero-order chi connectivity index (χ0) is 18.3. The summed E-state index contributed by atoms with van der Waals surface area (Å²) in [6, 6.07) is 10.8. The largest absolute Gasteiger partial charge is 0.314 e. The average Bonchev–Trinajstić information content (AvgIpc) is 3.23. The number of hydrogen-bond acceptors (Lipinski definition) is 5. The number of halogens is 1. The highest BCUT2D eigenvalue weighted by molar-refractivity contribution is 8.16. The molecule has 1 aromatic heterocycles. The van der Waals surface area contributed by atoms with Crippen LogP contribution in [0.4, 0.5) is 5.69 Å². The summed E-state index contributed by atoms with van der Waals surface area (Å²) >= 11 is 9.22. The first-order valence-corrected chi connectivity index (χ1v) is 11.9. The maximum absolute atomic E-state index is 12.4. The number of thiophene rings is 1. The number of thioether (sulfide) groups is 1. The van der Waals surface area contributed by atoms with E-state index in [-0.39, 0.29) is 35.1 Å². The lowest BCUT2D eigenvalue weighted by atomic mass is 10.2. The van der Waals surface area contributed by atoms with Crippen LogP contribution >= 0.6 is 34.7 Å². The van der Waals surface area contributed by atoms with Crippen molar-refractivity contribution in [1.82, 2.24) is 0 Å². The molecule has 2 aliphatic heterocycles. The van der Waals surface area contributed by atoms with Crippen LogP contribution in [0.2, 0.25) is 5.02 Å². The van der Waals surface area contributed by atoms with Crippen LogP contribution in [0.3, 0.4) is 0 Å². The Kier molecular flexibility index (Phi) is 4.85. The summed E-state index contributed by atoms with van der Waals surface area (Å²) in [5.74, 6) is -0.0926. The van der Waals surface area contributed by atoms with E-state index in [2.05, 4.69) is 4.99 Å². The lowest BCUT2D eigenvalue weighted by Gasteiger charge is -2.25. The Labute approximate surface area is 165 Å². The number of para-hydroxylation sites is 1. The van der Waals surface area contributed by atoms with Crippen LogP contribution in [0.5, 0.6) is 0 Å². The molecule has 2 fully saturated rings. The van der Waals surface area contributed by atoms with Crippen LogP contribution in [0.15, 0.2) is 46.8 Å². The summed E-state index contributed by atoms with van der Waals surface area (Å²) in [5.41, 5.74) is 0.689. The molecule has 26 heavy (non-hydrogen) atoms. The number of anilines is 1. The third-order valence-corrected chi connectivity index (χ3v) is 8.71. The Morgan fingerprint density at radius 2 is 2.04 bits per heavy atom. The number of rotatable bonds is 3. The monoisotopic (exact) mass is 426 g/mol. The fraction of sp³-hybridized carbons (Fsp3) is 0.294. The summed E-state index contributed by atoms with van der Waals surface area (Å²) < 4.78 is 24.1. The van der Waals surface area contributed by atoms with Gasteiger partial charge in [-0.3, -0.25) is 4.79 Å². The number of carbonyl (C=O) groups is 1. The van der Waals surface area contributed by atoms with Crippen molar-refractivity contribution in [2.24, 2.45) is 4.99 Å². The Bertz CT molecular complexity index is 973. The molecule has 4 rings (SSSR count). The van der Waals surface area contributed by atoms with E-state index in [1.54, 1.807) is 6.07 Å². The second-order valence-corrected chi connectivity index (χ2v) is 11.0. The predicted molar refractivity (Wildman–Crippen MR) is 108 cm³/mol. The molecule has 2 unspecified atom stereocenters. The molecule has 0 spiro atoms. The van der Waals surface area contributed by atoms with Crippen molar-refractivity contribution < 1.29 is 13.2 Å². The van der Waals surface area contributed by atoms with Gasteiger partial charge in [-0.1, -0.05) is 41.6 Å². The van der Waals surface area contributed by atoms with Crippen LogP contribution in [0, 0.1) is 0 Å². The van der Waals surface area contributed by atoms with Gasteiger partial charge in [-0.25, -0.2) is 8.42 Å². The second kappa shape index (κ2) is 6.99. The van der Waals surface area contributed by atoms with Crippen molar-refractivity contribution in [2.45, 2.75) is 17.7 Å². The van der Waals surface area contributed by atoms with Gasteiger partial charge in [0.1, 0.15) is 0 Å². The summed E-state index contributed by atoms with van der Waals surface area (Å²) in [7, 11) is -3.10. The number of sulfone groups is 1. The minimum Gasteiger partial charge on any atom is -0.314 e. The molecule has 5 nitrogen and oxygen atoms in total. The molecule has 0 N–H and O–H groups in total. The number of amidine groups is 1. The summed E-state index contributed by atoms with van der Waals surface area (Å²) in [5, 5.41) is 2.83. The third kappa shape index (κ3) is 3.55. The number of carbonyl (C=O) groups excluding carboxylic acids is 1. The molecule has 1 amide bonds. The van der Waals surface area contributed by atoms with E-state index < -0.39 is 9.84 Å². The maximum atomic E-state index is 12.4. The molecule has 0 bridgehead atoms. The van der Waals surface area contributed by atoms with Crippen molar-refractivity contribution in [2.75, 3.05) is 16.4 Å². The molecule has 0 aliphatic carbocycles. The Balaban J connectivity index is 1.68. The summed E-state index contributed by atoms with van der Waals surface area (Å²) in [6.07, 6.45) is 0.242. The first kappa shape index (κ1) is 18.0. The van der Waals surface area contributed by atoms with Gasteiger partial charge in [0.2, 0.25) is 0 Å². The van der Waals surface area contributed by atoms with Gasteiger partial charge < -0.3 is 4.90 Å². The van der Waals surface area contributed by atoms with E-state index >= 15 is 0 Å². The Hall–Kier alpha value is -1.35. The van der Waals surface area contributed by atoms with Crippen molar-refractivity contribution >= 4 is 61.3 Å². The van der Waals surface area contributed by atoms with Crippen LogP contribution in [0.25, 0.3) is 0 Å². The Morgan fingerprint density at radius 3 is 2.77 bits per heavy atom. The van der Waals surface area contributed by atoms with Gasteiger partial charge in [-0.05, 0) is 23.6 Å². The van der Waals surface area contributed by atoms with Gasteiger partial charge in [-0.15, -0.1) is 11.3 Å². The molecule has 0 saturated carbocycles. The normalized spacial score (nSPS) is 25.6. The predicted octanol–water partition coefficient (Wildman–Crippen LogP) is 3.25. The molecule has 9 heteroatoms. The minimum atomic E-state index is -3.10. The van der Waals surface area contributed by atoms with Crippen molar-refractivity contribution in [3.63, 3.8) is 0 Å². The van der Waals surface area contributed by atoms with Crippen LogP contribution in [-0.4, -0.2) is 42.3 Å². The first-order chi connectivity index (χ1) is 12.4. The van der Waals surface area contributed by atoms with Gasteiger partial charge in [0.05, 0.1) is 34.7 Å². The highest BCUT2D eigenvalue weighted by atomic mass is 35.5. The molecule has 1 aromatic carbocycles. The van der Waals surface area contributed by atoms with Crippen LogP contribution in [0.1, 0.15) is 4.88 Å². The molecular formula is C17H15ClN2O3S3. The molecule has 2 saturated heterocycles. The SMILES string of the molecule is O=C(Cc1cccs1)N=C1SC2CS(=O)(=O)CC2N1c1ccccc1Cl. The van der Waals surface area contributed by atoms with E-state index in [9.17, 15) is 13.2 Å². The highest BCUT2D eigenvalue weighted by Gasteiger charge is 2.49. The molecular weight excluding hydrogens is 412 g/mol. The number of fused-ring (bicyclic) bond motifs is 1. The molecule has 2 aromatic rings. The lowest BCUT2D eigenvalue weighted by Crippen LogP contribution is -2.38. The van der Waals surface area contributed by atoms with Gasteiger partial charge in [0, 0.05) is 10.1 Å². The number of aliphatic imine (C=N–C) groups is 1. The van der Waals surface area contributed by atoms with Crippen LogP contribution in [-0.2, 0) is 21.1 Å². The first-order valence-electron chi connectivity index (χ1n) is 7.98. The van der Waals surface area contributed by atoms with Crippen molar-refractivity contribution in [1.29, 1.82) is 0 Å². The van der Waals surface area contributed by atoms with E-state index in [0.29, 0.717) is 15.9 Å². The number of nitrogens with zero attached hydrogens (tertiary/aromatic N) is 2. The second-order valence-electron chi connectivity index (χ2n) is 6.17. The summed E-state index contributed by atoms with van der Waals surface area (Å²) in [4.78, 5) is 19.5. The minimum absolute atomic E-state index is 0.0496. The average molecular weight is 427 g/mol. The fourth-order valence-electron chi connectivity index (χ4n) is 3.20. The van der Waals surface area contributed by atoms with Crippen molar-refractivity contribution in [3.8, 4) is 0 Å². The topological polar surface area (TPSA) is 66.8 Å². The van der Waals surface area contributed by atoms with Crippen LogP contribution < -0.4 is 4.90 Å².